The van der Waals surface area contributed by atoms with E-state index in [9.17, 15) is 4.79 Å². The molecule has 138 valence electrons. The van der Waals surface area contributed by atoms with Crippen LogP contribution in [0.25, 0.3) is 0 Å². The van der Waals surface area contributed by atoms with Crippen molar-refractivity contribution < 1.29 is 9.53 Å². The Bertz CT molecular complexity index is 589. The fourth-order valence-electron chi connectivity index (χ4n) is 3.62. The molecule has 7 nitrogen and oxygen atoms in total. The number of carbonyl (C=O) groups is 1. The second-order valence-corrected chi connectivity index (χ2v) is 6.86. The Labute approximate surface area is 149 Å². The molecule has 7 heteroatoms. The third-order valence-corrected chi connectivity index (χ3v) is 5.04. The van der Waals surface area contributed by atoms with Gasteiger partial charge in [0, 0.05) is 51.6 Å². The van der Waals surface area contributed by atoms with Crippen LogP contribution in [0.2, 0.25) is 0 Å². The summed E-state index contributed by atoms with van der Waals surface area (Å²) in [6, 6.07) is 2.16. The zero-order chi connectivity index (χ0) is 17.6. The van der Waals surface area contributed by atoms with Gasteiger partial charge >= 0.3 is 0 Å². The molecule has 0 unspecified atom stereocenters. The van der Waals surface area contributed by atoms with Crippen molar-refractivity contribution in [1.82, 2.24) is 20.2 Å². The lowest BCUT2D eigenvalue weighted by Gasteiger charge is -2.33. The van der Waals surface area contributed by atoms with E-state index in [0.29, 0.717) is 12.3 Å². The Balaban J connectivity index is 1.67. The number of amides is 1. The van der Waals surface area contributed by atoms with Crippen molar-refractivity contribution in [2.45, 2.75) is 32.1 Å². The lowest BCUT2D eigenvalue weighted by Crippen LogP contribution is -2.38. The number of hydrogen-bond acceptors (Lipinski definition) is 6. The third kappa shape index (κ3) is 4.89. The lowest BCUT2D eigenvalue weighted by molar-refractivity contribution is -0.121. The SMILES string of the molecule is CNC(=O)CCN1CCC[C@H](c2cc(N3CCOCC3)nc(C)n2)C1. The number of hydrogen-bond donors (Lipinski definition) is 1. The molecule has 2 fully saturated rings. The number of carbonyl (C=O) groups excluding carboxylic acids is 1. The molecule has 0 aromatic carbocycles. The van der Waals surface area contributed by atoms with E-state index in [1.54, 1.807) is 7.05 Å². The van der Waals surface area contributed by atoms with Gasteiger partial charge in [0.1, 0.15) is 11.6 Å². The zero-order valence-electron chi connectivity index (χ0n) is 15.3. The van der Waals surface area contributed by atoms with Crippen molar-refractivity contribution in [2.75, 3.05) is 57.9 Å². The summed E-state index contributed by atoms with van der Waals surface area (Å²) in [5.41, 5.74) is 1.14. The van der Waals surface area contributed by atoms with Gasteiger partial charge in [-0.15, -0.1) is 0 Å². The number of aromatic nitrogens is 2. The van der Waals surface area contributed by atoms with Gasteiger partial charge in [0.2, 0.25) is 5.91 Å². The number of likely N-dealkylation sites (tertiary alicyclic amines) is 1. The molecule has 0 bridgehead atoms. The number of piperidine rings is 1. The van der Waals surface area contributed by atoms with E-state index >= 15 is 0 Å². The van der Waals surface area contributed by atoms with Crippen molar-refractivity contribution in [3.05, 3.63) is 17.6 Å². The standard InChI is InChI=1S/C18H29N5O2/c1-14-20-16(12-17(21-14)23-8-10-25-11-9-23)15-4-3-6-22(13-15)7-5-18(24)19-2/h12,15H,3-11,13H2,1-2H3,(H,19,24)/t15-/m0/s1. The van der Waals surface area contributed by atoms with Gasteiger partial charge in [-0.25, -0.2) is 9.97 Å². The molecular formula is C18H29N5O2. The van der Waals surface area contributed by atoms with Crippen molar-refractivity contribution >= 4 is 11.7 Å². The summed E-state index contributed by atoms with van der Waals surface area (Å²) in [6.07, 6.45) is 2.86. The molecule has 2 aliphatic heterocycles. The summed E-state index contributed by atoms with van der Waals surface area (Å²) in [4.78, 5) is 25.5. The molecule has 2 saturated heterocycles. The van der Waals surface area contributed by atoms with Crippen LogP contribution in [0.15, 0.2) is 6.07 Å². The Kier molecular flexibility index (Phi) is 6.20. The van der Waals surface area contributed by atoms with Gasteiger partial charge in [0.25, 0.3) is 0 Å². The smallest absolute Gasteiger partial charge is 0.221 e. The van der Waals surface area contributed by atoms with Crippen LogP contribution in [-0.2, 0) is 9.53 Å². The maximum atomic E-state index is 11.5. The van der Waals surface area contributed by atoms with Crippen LogP contribution in [0, 0.1) is 6.92 Å². The predicted octanol–water partition coefficient (Wildman–Crippen LogP) is 0.937. The Morgan fingerprint density at radius 1 is 1.32 bits per heavy atom. The molecular weight excluding hydrogens is 318 g/mol. The molecule has 0 radical (unpaired) electrons. The largest absolute Gasteiger partial charge is 0.378 e. The van der Waals surface area contributed by atoms with Crippen molar-refractivity contribution in [3.8, 4) is 0 Å². The van der Waals surface area contributed by atoms with Crippen LogP contribution in [0.1, 0.15) is 36.7 Å². The zero-order valence-corrected chi connectivity index (χ0v) is 15.3. The average Bonchev–Trinajstić information content (AvgIpc) is 2.66. The third-order valence-electron chi connectivity index (χ3n) is 5.04. The summed E-state index contributed by atoms with van der Waals surface area (Å²) in [5, 5.41) is 2.70. The summed E-state index contributed by atoms with van der Waals surface area (Å²) in [5.74, 6) is 2.38. The molecule has 1 amide bonds. The number of anilines is 1. The van der Waals surface area contributed by atoms with Crippen molar-refractivity contribution in [1.29, 1.82) is 0 Å². The van der Waals surface area contributed by atoms with Gasteiger partial charge < -0.3 is 19.9 Å². The summed E-state index contributed by atoms with van der Waals surface area (Å²) in [6.45, 7) is 8.11. The predicted molar refractivity (Wildman–Crippen MR) is 96.9 cm³/mol. The maximum absolute atomic E-state index is 11.5. The topological polar surface area (TPSA) is 70.6 Å². The van der Waals surface area contributed by atoms with E-state index in [1.807, 2.05) is 6.92 Å². The highest BCUT2D eigenvalue weighted by atomic mass is 16.5. The molecule has 3 rings (SSSR count). The second kappa shape index (κ2) is 8.58. The monoisotopic (exact) mass is 347 g/mol. The quantitative estimate of drug-likeness (QED) is 0.855. The van der Waals surface area contributed by atoms with E-state index in [0.717, 1.165) is 76.1 Å². The molecule has 0 saturated carbocycles. The van der Waals surface area contributed by atoms with Gasteiger partial charge in [0.05, 0.1) is 18.9 Å². The highest BCUT2D eigenvalue weighted by Gasteiger charge is 2.24. The highest BCUT2D eigenvalue weighted by Crippen LogP contribution is 2.28. The number of rotatable bonds is 5. The number of nitrogens with zero attached hydrogens (tertiary/aromatic N) is 4. The van der Waals surface area contributed by atoms with Crippen LogP contribution in [0.4, 0.5) is 5.82 Å². The molecule has 1 atom stereocenters. The molecule has 1 N–H and O–H groups in total. The van der Waals surface area contributed by atoms with Crippen LogP contribution in [0.5, 0.6) is 0 Å². The minimum atomic E-state index is 0.106. The number of aryl methyl sites for hydroxylation is 1. The molecule has 2 aliphatic rings. The first-order valence-electron chi connectivity index (χ1n) is 9.27. The van der Waals surface area contributed by atoms with Gasteiger partial charge in [0.15, 0.2) is 0 Å². The fraction of sp³-hybridized carbons (Fsp3) is 0.722. The van der Waals surface area contributed by atoms with Crippen LogP contribution >= 0.6 is 0 Å². The van der Waals surface area contributed by atoms with Crippen LogP contribution < -0.4 is 10.2 Å². The first-order chi connectivity index (χ1) is 12.2. The van der Waals surface area contributed by atoms with Crippen LogP contribution in [0.3, 0.4) is 0 Å². The highest BCUT2D eigenvalue weighted by molar-refractivity contribution is 5.75. The molecule has 25 heavy (non-hydrogen) atoms. The normalized spacial score (nSPS) is 22.0. The second-order valence-electron chi connectivity index (χ2n) is 6.86. The van der Waals surface area contributed by atoms with Gasteiger partial charge in [-0.1, -0.05) is 0 Å². The van der Waals surface area contributed by atoms with Gasteiger partial charge in [-0.3, -0.25) is 4.79 Å². The minimum absolute atomic E-state index is 0.106. The van der Waals surface area contributed by atoms with E-state index in [1.165, 1.54) is 0 Å². The first-order valence-corrected chi connectivity index (χ1v) is 9.27. The number of morpholine rings is 1. The molecule has 0 aliphatic carbocycles. The Morgan fingerprint density at radius 3 is 2.88 bits per heavy atom. The minimum Gasteiger partial charge on any atom is -0.378 e. The van der Waals surface area contributed by atoms with Gasteiger partial charge in [-0.05, 0) is 26.3 Å². The number of ether oxygens (including phenoxy) is 1. The van der Waals surface area contributed by atoms with E-state index in [-0.39, 0.29) is 5.91 Å². The van der Waals surface area contributed by atoms with Crippen molar-refractivity contribution in [3.63, 3.8) is 0 Å². The van der Waals surface area contributed by atoms with E-state index in [2.05, 4.69) is 26.2 Å². The molecule has 1 aromatic heterocycles. The summed E-state index contributed by atoms with van der Waals surface area (Å²) < 4.78 is 5.44. The number of nitrogens with one attached hydrogen (secondary N) is 1. The molecule has 3 heterocycles. The molecule has 0 spiro atoms. The Morgan fingerprint density at radius 2 is 2.12 bits per heavy atom. The Hall–Kier alpha value is -1.73. The lowest BCUT2D eigenvalue weighted by atomic mass is 9.94. The summed E-state index contributed by atoms with van der Waals surface area (Å²) >= 11 is 0. The molecule has 1 aromatic rings. The van der Waals surface area contributed by atoms with E-state index in [4.69, 9.17) is 9.72 Å². The first kappa shape index (κ1) is 18.1. The fourth-order valence-corrected chi connectivity index (χ4v) is 3.62. The maximum Gasteiger partial charge on any atom is 0.221 e. The van der Waals surface area contributed by atoms with Crippen LogP contribution in [-0.4, -0.2) is 73.8 Å². The summed E-state index contributed by atoms with van der Waals surface area (Å²) in [7, 11) is 1.69. The van der Waals surface area contributed by atoms with Crippen molar-refractivity contribution in [2.24, 2.45) is 0 Å². The van der Waals surface area contributed by atoms with Gasteiger partial charge in [-0.2, -0.15) is 0 Å². The van der Waals surface area contributed by atoms with E-state index < -0.39 is 0 Å². The average molecular weight is 347 g/mol.